The van der Waals surface area contributed by atoms with Gasteiger partial charge in [0.05, 0.1) is 17.7 Å². The second kappa shape index (κ2) is 6.40. The minimum atomic E-state index is -0.438. The Bertz CT molecular complexity index is 1250. The average molecular weight is 421 g/mol. The van der Waals surface area contributed by atoms with Crippen molar-refractivity contribution in [1.29, 1.82) is 0 Å². The van der Waals surface area contributed by atoms with Crippen LogP contribution in [-0.4, -0.2) is 44.0 Å². The van der Waals surface area contributed by atoms with Crippen LogP contribution in [0.4, 0.5) is 5.69 Å². The van der Waals surface area contributed by atoms with Crippen molar-refractivity contribution < 1.29 is 14.3 Å². The molecule has 0 radical (unpaired) electrons. The Hall–Kier alpha value is -3.20. The molecule has 0 spiro atoms. The number of carbonyl (C=O) groups excluding carboxylic acids is 1. The zero-order valence-electron chi connectivity index (χ0n) is 17.2. The van der Waals surface area contributed by atoms with E-state index < -0.39 is 5.91 Å². The molecule has 0 aromatic carbocycles. The number of ether oxygens (including phenoxy) is 2. The maximum atomic E-state index is 13.1. The first kappa shape index (κ1) is 18.6. The Labute approximate surface area is 177 Å². The summed E-state index contributed by atoms with van der Waals surface area (Å²) in [6.45, 7) is 2.76. The number of aromatic amines is 1. The van der Waals surface area contributed by atoms with Crippen molar-refractivity contribution in [2.75, 3.05) is 11.9 Å². The molecule has 9 heteroatoms. The zero-order valence-corrected chi connectivity index (χ0v) is 17.2. The van der Waals surface area contributed by atoms with Crippen molar-refractivity contribution in [1.82, 2.24) is 19.7 Å². The van der Waals surface area contributed by atoms with Crippen LogP contribution in [0.1, 0.15) is 49.4 Å². The molecule has 7 rings (SSSR count). The third-order valence-electron chi connectivity index (χ3n) is 6.68. The number of H-pyrrole nitrogens is 1. The SMILES string of the molecule is CC12CC(n3cc4cc(C(=O)Nc5ccc[nH]c5=O)c(OC5CCC5)nc4n3)(CO1)C2. The lowest BCUT2D eigenvalue weighted by atomic mass is 9.69. The quantitative estimate of drug-likeness (QED) is 0.655. The predicted octanol–water partition coefficient (Wildman–Crippen LogP) is 2.58. The van der Waals surface area contributed by atoms with Crippen molar-refractivity contribution in [2.24, 2.45) is 0 Å². The zero-order chi connectivity index (χ0) is 21.2. The van der Waals surface area contributed by atoms with Gasteiger partial charge in [-0.1, -0.05) is 0 Å². The number of hydrogen-bond acceptors (Lipinski definition) is 6. The highest BCUT2D eigenvalue weighted by molar-refractivity contribution is 6.07. The van der Waals surface area contributed by atoms with Crippen LogP contribution in [0, 0.1) is 0 Å². The van der Waals surface area contributed by atoms with Gasteiger partial charge in [-0.3, -0.25) is 14.3 Å². The van der Waals surface area contributed by atoms with Gasteiger partial charge in [0.15, 0.2) is 5.65 Å². The molecule has 2 aliphatic heterocycles. The molecule has 4 aliphatic rings. The smallest absolute Gasteiger partial charge is 0.271 e. The third-order valence-corrected chi connectivity index (χ3v) is 6.68. The summed E-state index contributed by atoms with van der Waals surface area (Å²) in [4.78, 5) is 32.2. The van der Waals surface area contributed by atoms with Crippen molar-refractivity contribution in [3.05, 3.63) is 46.5 Å². The minimum Gasteiger partial charge on any atom is -0.474 e. The number of nitrogens with zero attached hydrogens (tertiary/aromatic N) is 3. The normalized spacial score (nSPS) is 27.0. The highest BCUT2D eigenvalue weighted by atomic mass is 16.5. The molecule has 2 aliphatic carbocycles. The van der Waals surface area contributed by atoms with Crippen LogP contribution in [0.3, 0.4) is 0 Å². The molecule has 0 unspecified atom stereocenters. The first-order valence-corrected chi connectivity index (χ1v) is 10.6. The van der Waals surface area contributed by atoms with Gasteiger partial charge in [0, 0.05) is 30.6 Å². The average Bonchev–Trinajstić information content (AvgIpc) is 3.36. The minimum absolute atomic E-state index is 0.0490. The van der Waals surface area contributed by atoms with Gasteiger partial charge in [-0.15, -0.1) is 0 Å². The molecule has 5 heterocycles. The van der Waals surface area contributed by atoms with E-state index in [9.17, 15) is 9.59 Å². The second-order valence-electron chi connectivity index (χ2n) is 9.18. The number of carbonyl (C=O) groups is 1. The van der Waals surface area contributed by atoms with Crippen molar-refractivity contribution >= 4 is 22.6 Å². The van der Waals surface area contributed by atoms with Crippen LogP contribution in [0.15, 0.2) is 35.4 Å². The molecule has 1 amide bonds. The summed E-state index contributed by atoms with van der Waals surface area (Å²) in [6, 6.07) is 4.96. The molecule has 0 atom stereocenters. The van der Waals surface area contributed by atoms with Crippen LogP contribution in [0.2, 0.25) is 0 Å². The van der Waals surface area contributed by atoms with Crippen LogP contribution in [-0.2, 0) is 10.3 Å². The summed E-state index contributed by atoms with van der Waals surface area (Å²) in [5.41, 5.74) is 0.447. The Morgan fingerprint density at radius 2 is 2.23 bits per heavy atom. The summed E-state index contributed by atoms with van der Waals surface area (Å²) in [6.07, 6.45) is 8.31. The van der Waals surface area contributed by atoms with E-state index in [1.54, 1.807) is 18.2 Å². The van der Waals surface area contributed by atoms with E-state index in [4.69, 9.17) is 14.6 Å². The van der Waals surface area contributed by atoms with Gasteiger partial charge < -0.3 is 19.8 Å². The fraction of sp³-hybridized carbons (Fsp3) is 0.455. The lowest BCUT2D eigenvalue weighted by molar-refractivity contribution is 0.00381. The number of rotatable bonds is 5. The first-order valence-electron chi connectivity index (χ1n) is 10.6. The molecule has 31 heavy (non-hydrogen) atoms. The summed E-state index contributed by atoms with van der Waals surface area (Å²) in [5.74, 6) is -0.183. The number of amides is 1. The van der Waals surface area contributed by atoms with E-state index in [0.717, 1.165) is 37.5 Å². The molecular weight excluding hydrogens is 398 g/mol. The summed E-state index contributed by atoms with van der Waals surface area (Å²) in [7, 11) is 0. The highest BCUT2D eigenvalue weighted by Crippen LogP contribution is 2.55. The van der Waals surface area contributed by atoms with Gasteiger partial charge in [-0.2, -0.15) is 10.1 Å². The second-order valence-corrected chi connectivity index (χ2v) is 9.18. The molecule has 9 nitrogen and oxygen atoms in total. The molecule has 3 aromatic rings. The molecule has 2 bridgehead atoms. The lowest BCUT2D eigenvalue weighted by Gasteiger charge is -2.42. The highest BCUT2D eigenvalue weighted by Gasteiger charge is 2.61. The van der Waals surface area contributed by atoms with Gasteiger partial charge in [-0.05, 0) is 44.4 Å². The fourth-order valence-corrected chi connectivity index (χ4v) is 4.87. The van der Waals surface area contributed by atoms with E-state index in [-0.39, 0.29) is 34.4 Å². The Morgan fingerprint density at radius 3 is 2.90 bits per heavy atom. The van der Waals surface area contributed by atoms with Gasteiger partial charge >= 0.3 is 0 Å². The largest absolute Gasteiger partial charge is 0.474 e. The number of hydrogen-bond donors (Lipinski definition) is 2. The van der Waals surface area contributed by atoms with Crippen LogP contribution in [0.25, 0.3) is 11.0 Å². The van der Waals surface area contributed by atoms with Gasteiger partial charge in [0.1, 0.15) is 17.4 Å². The van der Waals surface area contributed by atoms with E-state index in [2.05, 4.69) is 22.2 Å². The van der Waals surface area contributed by atoms with E-state index in [1.807, 2.05) is 10.9 Å². The maximum Gasteiger partial charge on any atom is 0.271 e. The van der Waals surface area contributed by atoms with Crippen molar-refractivity contribution in [3.63, 3.8) is 0 Å². The molecule has 4 fully saturated rings. The van der Waals surface area contributed by atoms with E-state index >= 15 is 0 Å². The molecular formula is C22H23N5O4. The summed E-state index contributed by atoms with van der Waals surface area (Å²) < 4.78 is 13.9. The summed E-state index contributed by atoms with van der Waals surface area (Å²) in [5, 5.41) is 8.13. The standard InChI is InChI=1S/C22H23N5O4/c1-21-10-22(11-21,12-30-21)27-9-13-8-15(18(28)24-16-6-3-7-23-19(16)29)20(25-17(13)26-27)31-14-4-2-5-14/h3,6-9,14H,2,4-5,10-12H2,1H3,(H,23,29)(H,24,28). The van der Waals surface area contributed by atoms with Crippen LogP contribution < -0.4 is 15.6 Å². The number of fused-ring (bicyclic) bond motifs is 2. The Morgan fingerprint density at radius 1 is 1.39 bits per heavy atom. The third kappa shape index (κ3) is 2.95. The number of nitrogens with one attached hydrogen (secondary N) is 2. The van der Waals surface area contributed by atoms with Crippen LogP contribution in [0.5, 0.6) is 5.88 Å². The van der Waals surface area contributed by atoms with Gasteiger partial charge in [0.25, 0.3) is 11.5 Å². The number of pyridine rings is 2. The van der Waals surface area contributed by atoms with Gasteiger partial charge in [0.2, 0.25) is 5.88 Å². The molecule has 2 N–H and O–H groups in total. The Balaban J connectivity index is 1.38. The maximum absolute atomic E-state index is 13.1. The lowest BCUT2D eigenvalue weighted by Crippen LogP contribution is -2.49. The number of anilines is 1. The van der Waals surface area contributed by atoms with E-state index in [1.165, 1.54) is 6.20 Å². The molecule has 2 saturated carbocycles. The molecule has 2 saturated heterocycles. The number of aromatic nitrogens is 4. The van der Waals surface area contributed by atoms with Crippen LogP contribution >= 0.6 is 0 Å². The molecule has 160 valence electrons. The topological polar surface area (TPSA) is 111 Å². The van der Waals surface area contributed by atoms with Crippen molar-refractivity contribution in [2.45, 2.75) is 56.3 Å². The first-order chi connectivity index (χ1) is 14.9. The fourth-order valence-electron chi connectivity index (χ4n) is 4.87. The summed E-state index contributed by atoms with van der Waals surface area (Å²) >= 11 is 0. The predicted molar refractivity (Wildman–Crippen MR) is 112 cm³/mol. The van der Waals surface area contributed by atoms with Crippen molar-refractivity contribution in [3.8, 4) is 5.88 Å². The molecule has 3 aromatic heterocycles. The monoisotopic (exact) mass is 421 g/mol. The van der Waals surface area contributed by atoms with Gasteiger partial charge in [-0.25, -0.2) is 0 Å². The Kier molecular flexibility index (Phi) is 3.83. The van der Waals surface area contributed by atoms with E-state index in [0.29, 0.717) is 17.8 Å².